The average Bonchev–Trinajstić information content (AvgIpc) is 3.46. The molecule has 1 saturated carbocycles. The minimum atomic E-state index is -0.406. The van der Waals surface area contributed by atoms with E-state index in [-0.39, 0.29) is 11.8 Å². The highest BCUT2D eigenvalue weighted by atomic mass is 35.5. The smallest absolute Gasteiger partial charge is 0.235 e. The molecule has 1 aliphatic carbocycles. The number of anilines is 1. The van der Waals surface area contributed by atoms with E-state index in [0.717, 1.165) is 17.0 Å². The highest BCUT2D eigenvalue weighted by Crippen LogP contribution is 2.55. The van der Waals surface area contributed by atoms with Crippen LogP contribution in [-0.4, -0.2) is 27.5 Å². The minimum absolute atomic E-state index is 0.0843. The zero-order valence-corrected chi connectivity index (χ0v) is 17.0. The van der Waals surface area contributed by atoms with Crippen LogP contribution in [0.4, 0.5) is 5.82 Å². The number of ether oxygens (including phenoxy) is 1. The number of amides is 1. The maximum absolute atomic E-state index is 12.9. The first-order chi connectivity index (χ1) is 14.0. The Morgan fingerprint density at radius 3 is 2.66 bits per heavy atom. The second-order valence-electron chi connectivity index (χ2n) is 7.32. The number of aromatic nitrogens is 3. The molecule has 6 nitrogen and oxygen atoms in total. The summed E-state index contributed by atoms with van der Waals surface area (Å²) in [5.74, 6) is 0.672. The molecule has 0 unspecified atom stereocenters. The molecule has 1 aromatic carbocycles. The van der Waals surface area contributed by atoms with Crippen LogP contribution in [0.25, 0.3) is 0 Å². The molecule has 1 N–H and O–H groups in total. The molecule has 1 amide bonds. The van der Waals surface area contributed by atoms with Gasteiger partial charge in [0.25, 0.3) is 0 Å². The molecule has 0 aliphatic heterocycles. The van der Waals surface area contributed by atoms with Crippen molar-refractivity contribution in [1.82, 2.24) is 15.0 Å². The number of nitrogens with one attached hydrogen (secondary N) is 1. The Morgan fingerprint density at radius 2 is 1.97 bits per heavy atom. The summed E-state index contributed by atoms with van der Waals surface area (Å²) < 4.78 is 6.03. The highest BCUT2D eigenvalue weighted by molar-refractivity contribution is 6.30. The van der Waals surface area contributed by atoms with Gasteiger partial charge in [-0.05, 0) is 38.0 Å². The minimum Gasteiger partial charge on any atom is -0.475 e. The average molecular weight is 409 g/mol. The van der Waals surface area contributed by atoms with Crippen LogP contribution in [0.1, 0.15) is 23.4 Å². The lowest BCUT2D eigenvalue weighted by Gasteiger charge is -2.19. The second kappa shape index (κ2) is 7.79. The molecule has 7 heteroatoms. The first kappa shape index (κ1) is 19.3. The molecule has 0 bridgehead atoms. The van der Waals surface area contributed by atoms with Gasteiger partial charge in [-0.25, -0.2) is 9.97 Å². The Kier molecular flexibility index (Phi) is 5.20. The van der Waals surface area contributed by atoms with Gasteiger partial charge in [-0.3, -0.25) is 9.78 Å². The Morgan fingerprint density at radius 1 is 1.17 bits per heavy atom. The predicted octanol–water partition coefficient (Wildman–Crippen LogP) is 4.12. The van der Waals surface area contributed by atoms with Crippen molar-refractivity contribution in [2.45, 2.75) is 25.7 Å². The van der Waals surface area contributed by atoms with Gasteiger partial charge in [0.05, 0.1) is 28.5 Å². The van der Waals surface area contributed by atoms with Gasteiger partial charge >= 0.3 is 0 Å². The largest absolute Gasteiger partial charge is 0.475 e. The van der Waals surface area contributed by atoms with Crippen molar-refractivity contribution < 1.29 is 9.53 Å². The van der Waals surface area contributed by atoms with E-state index < -0.39 is 5.41 Å². The van der Waals surface area contributed by atoms with Crippen LogP contribution in [0.3, 0.4) is 0 Å². The van der Waals surface area contributed by atoms with Gasteiger partial charge in [0.15, 0.2) is 0 Å². The van der Waals surface area contributed by atoms with E-state index in [1.807, 2.05) is 44.2 Å². The number of nitrogens with zero attached hydrogens (tertiary/aromatic N) is 3. The molecule has 1 fully saturated rings. The maximum atomic E-state index is 12.9. The van der Waals surface area contributed by atoms with Crippen molar-refractivity contribution in [1.29, 1.82) is 0 Å². The van der Waals surface area contributed by atoms with Crippen molar-refractivity contribution in [2.24, 2.45) is 5.92 Å². The third-order valence-corrected chi connectivity index (χ3v) is 5.43. The second-order valence-corrected chi connectivity index (χ2v) is 7.76. The van der Waals surface area contributed by atoms with Gasteiger partial charge in [-0.2, -0.15) is 0 Å². The molecular weight excluding hydrogens is 388 g/mol. The molecule has 148 valence electrons. The first-order valence-corrected chi connectivity index (χ1v) is 9.77. The molecule has 2 atom stereocenters. The summed E-state index contributed by atoms with van der Waals surface area (Å²) in [7, 11) is 0. The Balaban J connectivity index is 1.53. The van der Waals surface area contributed by atoms with Gasteiger partial charge in [0.2, 0.25) is 11.8 Å². The van der Waals surface area contributed by atoms with Gasteiger partial charge < -0.3 is 10.1 Å². The van der Waals surface area contributed by atoms with E-state index in [1.54, 1.807) is 18.3 Å². The van der Waals surface area contributed by atoms with E-state index in [4.69, 9.17) is 16.3 Å². The SMILES string of the molecule is Cc1cnc(OC[C@@]2(c3ccccc3)C[C@H]2C(=O)Nc2ccc(Cl)cn2)c(C)n1. The van der Waals surface area contributed by atoms with Crippen molar-refractivity contribution in [2.75, 3.05) is 11.9 Å². The number of rotatable bonds is 6. The van der Waals surface area contributed by atoms with Gasteiger partial charge in [0, 0.05) is 11.6 Å². The zero-order chi connectivity index (χ0) is 20.4. The summed E-state index contributed by atoms with van der Waals surface area (Å²) in [6.45, 7) is 4.11. The number of hydrogen-bond acceptors (Lipinski definition) is 5. The summed E-state index contributed by atoms with van der Waals surface area (Å²) >= 11 is 5.87. The lowest BCUT2D eigenvalue weighted by atomic mass is 9.94. The van der Waals surface area contributed by atoms with Crippen LogP contribution >= 0.6 is 11.6 Å². The fraction of sp³-hybridized carbons (Fsp3) is 0.273. The van der Waals surface area contributed by atoms with Gasteiger partial charge in [-0.1, -0.05) is 41.9 Å². The van der Waals surface area contributed by atoms with Gasteiger partial charge in [0.1, 0.15) is 12.4 Å². The lowest BCUT2D eigenvalue weighted by molar-refractivity contribution is -0.117. The van der Waals surface area contributed by atoms with E-state index in [0.29, 0.717) is 29.7 Å². The first-order valence-electron chi connectivity index (χ1n) is 9.39. The molecule has 1 aliphatic rings. The normalized spacial score (nSPS) is 20.2. The Bertz CT molecular complexity index is 1030. The Hall–Kier alpha value is -2.99. The van der Waals surface area contributed by atoms with E-state index in [2.05, 4.69) is 20.3 Å². The fourth-order valence-corrected chi connectivity index (χ4v) is 3.68. The predicted molar refractivity (Wildman–Crippen MR) is 111 cm³/mol. The van der Waals surface area contributed by atoms with Crippen molar-refractivity contribution in [3.63, 3.8) is 0 Å². The number of hydrogen-bond donors (Lipinski definition) is 1. The molecule has 2 aromatic heterocycles. The van der Waals surface area contributed by atoms with Crippen LogP contribution in [0, 0.1) is 19.8 Å². The number of halogens is 1. The molecule has 4 rings (SSSR count). The molecule has 2 heterocycles. The molecule has 0 saturated heterocycles. The van der Waals surface area contributed by atoms with Crippen LogP contribution < -0.4 is 10.1 Å². The van der Waals surface area contributed by atoms with E-state index >= 15 is 0 Å². The molecule has 3 aromatic rings. The monoisotopic (exact) mass is 408 g/mol. The third kappa shape index (κ3) is 4.07. The highest BCUT2D eigenvalue weighted by Gasteiger charge is 2.60. The number of carbonyl (C=O) groups excluding carboxylic acids is 1. The quantitative estimate of drug-likeness (QED) is 0.664. The summed E-state index contributed by atoms with van der Waals surface area (Å²) in [6.07, 6.45) is 3.88. The third-order valence-electron chi connectivity index (χ3n) is 5.21. The summed E-state index contributed by atoms with van der Waals surface area (Å²) in [5, 5.41) is 3.40. The zero-order valence-electron chi connectivity index (χ0n) is 16.2. The number of benzene rings is 1. The lowest BCUT2D eigenvalue weighted by Crippen LogP contribution is -2.27. The molecule has 0 spiro atoms. The fourth-order valence-electron chi connectivity index (χ4n) is 3.57. The van der Waals surface area contributed by atoms with Crippen LogP contribution in [0.15, 0.2) is 54.9 Å². The maximum Gasteiger partial charge on any atom is 0.235 e. The summed E-state index contributed by atoms with van der Waals surface area (Å²) in [5.41, 5.74) is 2.24. The molecule has 29 heavy (non-hydrogen) atoms. The van der Waals surface area contributed by atoms with Crippen LogP contribution in [0.5, 0.6) is 5.88 Å². The Labute approximate surface area is 174 Å². The molecule has 0 radical (unpaired) electrons. The number of aryl methyl sites for hydroxylation is 2. The van der Waals surface area contributed by atoms with E-state index in [1.165, 1.54) is 6.20 Å². The van der Waals surface area contributed by atoms with Crippen LogP contribution in [-0.2, 0) is 10.2 Å². The summed E-state index contributed by atoms with van der Waals surface area (Å²) in [6, 6.07) is 13.4. The van der Waals surface area contributed by atoms with Crippen molar-refractivity contribution >= 4 is 23.3 Å². The van der Waals surface area contributed by atoms with Gasteiger partial charge in [-0.15, -0.1) is 0 Å². The van der Waals surface area contributed by atoms with Crippen molar-refractivity contribution in [3.05, 3.63) is 76.8 Å². The van der Waals surface area contributed by atoms with Crippen molar-refractivity contribution in [3.8, 4) is 5.88 Å². The van der Waals surface area contributed by atoms with Crippen LogP contribution in [0.2, 0.25) is 5.02 Å². The standard InChI is InChI=1S/C22H21ClN4O2/c1-14-11-25-21(15(2)26-14)29-13-22(16-6-4-3-5-7-16)10-18(22)20(28)27-19-9-8-17(23)12-24-19/h3-9,11-12,18H,10,13H2,1-2H3,(H,24,27,28)/t18-,22+/m0/s1. The molecular formula is C22H21ClN4O2. The van der Waals surface area contributed by atoms with E-state index in [9.17, 15) is 4.79 Å². The number of pyridine rings is 1. The topological polar surface area (TPSA) is 77.0 Å². The number of carbonyl (C=O) groups is 1. The summed E-state index contributed by atoms with van der Waals surface area (Å²) in [4.78, 5) is 25.8.